The van der Waals surface area contributed by atoms with Gasteiger partial charge in [0.05, 0.1) is 12.9 Å². The lowest BCUT2D eigenvalue weighted by molar-refractivity contribution is 0.299. The van der Waals surface area contributed by atoms with Crippen molar-refractivity contribution in [2.24, 2.45) is 0 Å². The van der Waals surface area contributed by atoms with E-state index in [0.717, 1.165) is 12.8 Å². The van der Waals surface area contributed by atoms with E-state index >= 15 is 0 Å². The lowest BCUT2D eigenvalue weighted by Crippen LogP contribution is -2.05. The quantitative estimate of drug-likeness (QED) is 0.692. The molecule has 0 spiro atoms. The molecule has 0 unspecified atom stereocenters. The smallest absolute Gasteiger partial charge is 0.238 e. The number of furan rings is 1. The first-order chi connectivity index (χ1) is 11.2. The Morgan fingerprint density at radius 1 is 1.09 bits per heavy atom. The maximum absolute atomic E-state index is 6.30. The van der Waals surface area contributed by atoms with Gasteiger partial charge in [-0.2, -0.15) is 4.98 Å². The second-order valence-electron chi connectivity index (χ2n) is 4.96. The van der Waals surface area contributed by atoms with Crippen LogP contribution in [0, 0.1) is 0 Å². The van der Waals surface area contributed by atoms with Crippen molar-refractivity contribution in [2.45, 2.75) is 12.8 Å². The molecule has 2 aromatic heterocycles. The molecule has 3 rings (SSSR count). The summed E-state index contributed by atoms with van der Waals surface area (Å²) in [6.45, 7) is 0.489. The number of hydrogen-bond acceptors (Lipinski definition) is 5. The fourth-order valence-electron chi connectivity index (χ4n) is 2.21. The van der Waals surface area contributed by atoms with Crippen LogP contribution in [0.1, 0.15) is 12.0 Å². The predicted molar refractivity (Wildman–Crippen MR) is 89.4 cm³/mol. The SMILES string of the molecule is Nc1nc(OCCCc2ccccc2)c(Cl)c(-c2ccco2)n1. The molecule has 2 heterocycles. The van der Waals surface area contributed by atoms with Crippen LogP contribution in [0.2, 0.25) is 5.02 Å². The fourth-order valence-corrected chi connectivity index (χ4v) is 2.44. The van der Waals surface area contributed by atoms with Gasteiger partial charge in [0.15, 0.2) is 5.76 Å². The molecule has 0 aliphatic heterocycles. The highest BCUT2D eigenvalue weighted by molar-refractivity contribution is 6.34. The third-order valence-electron chi connectivity index (χ3n) is 3.28. The van der Waals surface area contributed by atoms with Crippen molar-refractivity contribution in [3.63, 3.8) is 0 Å². The third-order valence-corrected chi connectivity index (χ3v) is 3.62. The van der Waals surface area contributed by atoms with Gasteiger partial charge < -0.3 is 14.9 Å². The highest BCUT2D eigenvalue weighted by Gasteiger charge is 2.16. The van der Waals surface area contributed by atoms with Gasteiger partial charge in [-0.3, -0.25) is 0 Å². The number of nitrogens with two attached hydrogens (primary N) is 1. The van der Waals surface area contributed by atoms with E-state index in [1.165, 1.54) is 5.56 Å². The van der Waals surface area contributed by atoms with Crippen molar-refractivity contribution in [2.75, 3.05) is 12.3 Å². The molecule has 1 aromatic carbocycles. The molecule has 0 radical (unpaired) electrons. The molecule has 0 fully saturated rings. The second-order valence-corrected chi connectivity index (χ2v) is 5.34. The Bertz CT molecular complexity index is 761. The molecule has 118 valence electrons. The zero-order chi connectivity index (χ0) is 16.1. The third kappa shape index (κ3) is 3.81. The molecular weight excluding hydrogens is 314 g/mol. The van der Waals surface area contributed by atoms with Crippen LogP contribution >= 0.6 is 11.6 Å². The van der Waals surface area contributed by atoms with E-state index < -0.39 is 0 Å². The minimum absolute atomic E-state index is 0.0962. The van der Waals surface area contributed by atoms with Gasteiger partial charge in [-0.15, -0.1) is 0 Å². The molecule has 0 bridgehead atoms. The van der Waals surface area contributed by atoms with Gasteiger partial charge in [-0.25, -0.2) is 4.98 Å². The van der Waals surface area contributed by atoms with E-state index in [9.17, 15) is 0 Å². The lowest BCUT2D eigenvalue weighted by Gasteiger charge is -2.09. The van der Waals surface area contributed by atoms with Gasteiger partial charge in [-0.1, -0.05) is 41.9 Å². The number of aromatic nitrogens is 2. The van der Waals surface area contributed by atoms with Crippen LogP contribution < -0.4 is 10.5 Å². The average molecular weight is 330 g/mol. The van der Waals surface area contributed by atoms with Crippen molar-refractivity contribution in [1.82, 2.24) is 9.97 Å². The standard InChI is InChI=1S/C17H16ClN3O2/c18-14-15(13-9-5-10-22-13)20-17(19)21-16(14)23-11-4-8-12-6-2-1-3-7-12/h1-3,5-7,9-10H,4,8,11H2,(H2,19,20,21). The number of ether oxygens (including phenoxy) is 1. The number of nitrogens with zero attached hydrogens (tertiary/aromatic N) is 2. The zero-order valence-corrected chi connectivity index (χ0v) is 13.2. The first kappa shape index (κ1) is 15.4. The summed E-state index contributed by atoms with van der Waals surface area (Å²) >= 11 is 6.30. The van der Waals surface area contributed by atoms with Crippen LogP contribution in [0.25, 0.3) is 11.5 Å². The van der Waals surface area contributed by atoms with Crippen molar-refractivity contribution in [3.05, 3.63) is 59.3 Å². The number of halogens is 1. The van der Waals surface area contributed by atoms with E-state index in [0.29, 0.717) is 23.1 Å². The predicted octanol–water partition coefficient (Wildman–Crippen LogP) is 3.98. The second kappa shape index (κ2) is 7.15. The molecule has 5 nitrogen and oxygen atoms in total. The summed E-state index contributed by atoms with van der Waals surface area (Å²) in [7, 11) is 0. The largest absolute Gasteiger partial charge is 0.476 e. The van der Waals surface area contributed by atoms with Gasteiger partial charge >= 0.3 is 0 Å². The van der Waals surface area contributed by atoms with E-state index in [1.807, 2.05) is 18.2 Å². The maximum Gasteiger partial charge on any atom is 0.238 e. The Balaban J connectivity index is 1.66. The van der Waals surface area contributed by atoms with Crippen molar-refractivity contribution >= 4 is 17.5 Å². The number of hydrogen-bond donors (Lipinski definition) is 1. The van der Waals surface area contributed by atoms with E-state index in [4.69, 9.17) is 26.5 Å². The zero-order valence-electron chi connectivity index (χ0n) is 12.4. The number of rotatable bonds is 6. The molecule has 0 atom stereocenters. The van der Waals surface area contributed by atoms with Crippen LogP contribution in [-0.2, 0) is 6.42 Å². The van der Waals surface area contributed by atoms with Crippen LogP contribution in [0.5, 0.6) is 5.88 Å². The Kier molecular flexibility index (Phi) is 4.78. The summed E-state index contributed by atoms with van der Waals surface area (Å²) in [5.41, 5.74) is 7.42. The molecule has 0 aliphatic carbocycles. The van der Waals surface area contributed by atoms with Crippen LogP contribution in [0.4, 0.5) is 5.95 Å². The summed E-state index contributed by atoms with van der Waals surface area (Å²) in [5.74, 6) is 0.899. The molecule has 0 amide bonds. The highest BCUT2D eigenvalue weighted by atomic mass is 35.5. The van der Waals surface area contributed by atoms with Gasteiger partial charge in [0, 0.05) is 0 Å². The average Bonchev–Trinajstić information content (AvgIpc) is 3.09. The van der Waals surface area contributed by atoms with Gasteiger partial charge in [0.25, 0.3) is 0 Å². The number of anilines is 1. The number of nitrogen functional groups attached to an aromatic ring is 1. The van der Waals surface area contributed by atoms with Crippen LogP contribution in [0.3, 0.4) is 0 Å². The van der Waals surface area contributed by atoms with E-state index in [1.54, 1.807) is 18.4 Å². The normalized spacial score (nSPS) is 10.7. The molecule has 0 aliphatic rings. The van der Waals surface area contributed by atoms with E-state index in [-0.39, 0.29) is 11.8 Å². The van der Waals surface area contributed by atoms with Crippen LogP contribution in [-0.4, -0.2) is 16.6 Å². The van der Waals surface area contributed by atoms with E-state index in [2.05, 4.69) is 22.1 Å². The van der Waals surface area contributed by atoms with Gasteiger partial charge in [-0.05, 0) is 30.5 Å². The molecule has 3 aromatic rings. The number of benzene rings is 1. The molecule has 23 heavy (non-hydrogen) atoms. The molecule has 6 heteroatoms. The monoisotopic (exact) mass is 329 g/mol. The van der Waals surface area contributed by atoms with Gasteiger partial charge in [0.2, 0.25) is 11.8 Å². The summed E-state index contributed by atoms with van der Waals surface area (Å²) in [6.07, 6.45) is 3.31. The Hall–Kier alpha value is -2.53. The van der Waals surface area contributed by atoms with Crippen LogP contribution in [0.15, 0.2) is 53.1 Å². The first-order valence-corrected chi connectivity index (χ1v) is 7.65. The number of aryl methyl sites for hydroxylation is 1. The van der Waals surface area contributed by atoms with Crippen molar-refractivity contribution < 1.29 is 9.15 Å². The van der Waals surface area contributed by atoms with Crippen molar-refractivity contribution in [3.8, 4) is 17.3 Å². The van der Waals surface area contributed by atoms with Gasteiger partial charge in [0.1, 0.15) is 10.7 Å². The Morgan fingerprint density at radius 2 is 1.91 bits per heavy atom. The topological polar surface area (TPSA) is 74.2 Å². The summed E-state index contributed by atoms with van der Waals surface area (Å²) in [5, 5.41) is 0.300. The minimum atomic E-state index is 0.0962. The molecular formula is C17H16ClN3O2. The first-order valence-electron chi connectivity index (χ1n) is 7.27. The Labute approximate surface area is 139 Å². The summed E-state index contributed by atoms with van der Waals surface area (Å²) in [6, 6.07) is 13.7. The molecule has 2 N–H and O–H groups in total. The molecule has 0 saturated heterocycles. The fraction of sp³-hybridized carbons (Fsp3) is 0.176. The molecule has 0 saturated carbocycles. The Morgan fingerprint density at radius 3 is 2.65 bits per heavy atom. The summed E-state index contributed by atoms with van der Waals surface area (Å²) in [4.78, 5) is 8.17. The van der Waals surface area contributed by atoms with Crippen molar-refractivity contribution in [1.29, 1.82) is 0 Å². The maximum atomic E-state index is 6.30. The highest BCUT2D eigenvalue weighted by Crippen LogP contribution is 2.33. The lowest BCUT2D eigenvalue weighted by atomic mass is 10.1. The summed E-state index contributed by atoms with van der Waals surface area (Å²) < 4.78 is 11.0. The minimum Gasteiger partial charge on any atom is -0.476 e.